The molecule has 4 aromatic rings. The summed E-state index contributed by atoms with van der Waals surface area (Å²) in [6.07, 6.45) is -0.511. The van der Waals surface area contributed by atoms with Crippen LogP contribution in [0.4, 0.5) is 18.9 Å². The number of likely N-dealkylation sites (tertiary alicyclic amines) is 1. The standard InChI is InChI=1S/C22H19F3N6O2/c1-13-5-6-14(19-28-21(33-29-19)16-7-9-30(16)12-22(23,24)25)10-15(13)27-20(32)17-11-26-18-4-2-3-8-31(17)18/h2-6,8,10-11,16H,7,9,12H2,1H3,(H,27,32)/t16-/m0/s1. The summed E-state index contributed by atoms with van der Waals surface area (Å²) in [4.78, 5) is 22.7. The second-order valence-electron chi connectivity index (χ2n) is 7.90. The molecule has 33 heavy (non-hydrogen) atoms. The van der Waals surface area contributed by atoms with E-state index in [0.29, 0.717) is 35.6 Å². The molecule has 0 bridgehead atoms. The fourth-order valence-electron chi connectivity index (χ4n) is 3.81. The zero-order valence-electron chi connectivity index (χ0n) is 17.5. The van der Waals surface area contributed by atoms with Gasteiger partial charge in [-0.05, 0) is 37.1 Å². The van der Waals surface area contributed by atoms with Crippen molar-refractivity contribution < 1.29 is 22.5 Å². The lowest BCUT2D eigenvalue weighted by Crippen LogP contribution is -2.46. The zero-order chi connectivity index (χ0) is 23.2. The number of amides is 1. The third-order valence-corrected chi connectivity index (χ3v) is 5.63. The van der Waals surface area contributed by atoms with Crippen LogP contribution in [0.25, 0.3) is 17.0 Å². The van der Waals surface area contributed by atoms with E-state index in [9.17, 15) is 18.0 Å². The molecule has 0 saturated carbocycles. The number of hydrogen-bond acceptors (Lipinski definition) is 6. The lowest BCUT2D eigenvalue weighted by molar-refractivity contribution is -0.164. The number of nitrogens with zero attached hydrogens (tertiary/aromatic N) is 5. The fraction of sp³-hybridized carbons (Fsp3) is 0.273. The minimum Gasteiger partial charge on any atom is -0.337 e. The number of rotatable bonds is 5. The first kappa shape index (κ1) is 21.1. The Morgan fingerprint density at radius 1 is 1.27 bits per heavy atom. The fourth-order valence-corrected chi connectivity index (χ4v) is 3.81. The molecular formula is C22H19F3N6O2. The number of fused-ring (bicyclic) bond motifs is 1. The molecule has 11 heteroatoms. The number of imidazole rings is 1. The molecule has 0 spiro atoms. The molecular weight excluding hydrogens is 437 g/mol. The summed E-state index contributed by atoms with van der Waals surface area (Å²) >= 11 is 0. The normalized spacial score (nSPS) is 16.7. The van der Waals surface area contributed by atoms with Crippen LogP contribution < -0.4 is 5.32 Å². The number of nitrogens with one attached hydrogen (secondary N) is 1. The zero-order valence-corrected chi connectivity index (χ0v) is 17.5. The van der Waals surface area contributed by atoms with Gasteiger partial charge in [-0.2, -0.15) is 18.2 Å². The third kappa shape index (κ3) is 4.19. The monoisotopic (exact) mass is 456 g/mol. The quantitative estimate of drug-likeness (QED) is 0.483. The van der Waals surface area contributed by atoms with Crippen molar-refractivity contribution in [1.82, 2.24) is 24.4 Å². The van der Waals surface area contributed by atoms with Crippen molar-refractivity contribution in [3.05, 3.63) is 65.9 Å². The van der Waals surface area contributed by atoms with Crippen molar-refractivity contribution in [3.8, 4) is 11.4 Å². The van der Waals surface area contributed by atoms with E-state index in [1.165, 1.54) is 11.1 Å². The van der Waals surface area contributed by atoms with Crippen LogP contribution in [0.2, 0.25) is 0 Å². The Hall–Kier alpha value is -3.73. The van der Waals surface area contributed by atoms with Crippen LogP contribution in [-0.4, -0.2) is 49.6 Å². The Morgan fingerprint density at radius 2 is 2.12 bits per heavy atom. The second kappa shape index (κ2) is 8.00. The number of alkyl halides is 3. The van der Waals surface area contributed by atoms with Crippen molar-refractivity contribution in [1.29, 1.82) is 0 Å². The lowest BCUT2D eigenvalue weighted by Gasteiger charge is -2.38. The maximum Gasteiger partial charge on any atom is 0.401 e. The molecule has 1 atom stereocenters. The number of aryl methyl sites for hydroxylation is 1. The van der Waals surface area contributed by atoms with Crippen LogP contribution in [-0.2, 0) is 0 Å². The molecule has 1 N–H and O–H groups in total. The molecule has 0 aliphatic carbocycles. The molecule has 8 nitrogen and oxygen atoms in total. The van der Waals surface area contributed by atoms with Crippen LogP contribution in [0.5, 0.6) is 0 Å². The molecule has 5 rings (SSSR count). The average molecular weight is 456 g/mol. The molecule has 0 unspecified atom stereocenters. The van der Waals surface area contributed by atoms with Gasteiger partial charge in [0.15, 0.2) is 0 Å². The molecule has 1 aliphatic heterocycles. The van der Waals surface area contributed by atoms with Gasteiger partial charge in [0.25, 0.3) is 5.91 Å². The van der Waals surface area contributed by atoms with E-state index in [1.807, 2.05) is 19.1 Å². The van der Waals surface area contributed by atoms with Crippen LogP contribution in [0, 0.1) is 6.92 Å². The minimum absolute atomic E-state index is 0.150. The Kier molecular flexibility index (Phi) is 5.12. The van der Waals surface area contributed by atoms with Gasteiger partial charge >= 0.3 is 6.18 Å². The number of benzene rings is 1. The number of carbonyl (C=O) groups excluding carboxylic acids is 1. The molecule has 170 valence electrons. The van der Waals surface area contributed by atoms with Crippen molar-refractivity contribution in [3.63, 3.8) is 0 Å². The van der Waals surface area contributed by atoms with Crippen molar-refractivity contribution in [2.45, 2.75) is 25.6 Å². The summed E-state index contributed by atoms with van der Waals surface area (Å²) in [5, 5.41) is 6.82. The van der Waals surface area contributed by atoms with Gasteiger partial charge in [-0.1, -0.05) is 23.4 Å². The Morgan fingerprint density at radius 3 is 2.88 bits per heavy atom. The predicted octanol–water partition coefficient (Wildman–Crippen LogP) is 4.25. The number of pyridine rings is 1. The van der Waals surface area contributed by atoms with Gasteiger partial charge in [0.05, 0.1) is 18.8 Å². The third-order valence-electron chi connectivity index (χ3n) is 5.63. The van der Waals surface area contributed by atoms with E-state index in [0.717, 1.165) is 5.56 Å². The van der Waals surface area contributed by atoms with Crippen molar-refractivity contribution in [2.24, 2.45) is 0 Å². The van der Waals surface area contributed by atoms with E-state index in [2.05, 4.69) is 20.4 Å². The van der Waals surface area contributed by atoms with Crippen LogP contribution in [0.15, 0.2) is 53.3 Å². The van der Waals surface area contributed by atoms with Crippen molar-refractivity contribution in [2.75, 3.05) is 18.4 Å². The van der Waals surface area contributed by atoms with Gasteiger partial charge in [-0.15, -0.1) is 0 Å². The topological polar surface area (TPSA) is 88.6 Å². The largest absolute Gasteiger partial charge is 0.401 e. The van der Waals surface area contributed by atoms with E-state index in [1.54, 1.807) is 34.9 Å². The van der Waals surface area contributed by atoms with E-state index >= 15 is 0 Å². The highest BCUT2D eigenvalue weighted by atomic mass is 19.4. The van der Waals surface area contributed by atoms with Gasteiger partial charge in [0.2, 0.25) is 11.7 Å². The maximum absolute atomic E-state index is 12.9. The molecule has 1 amide bonds. The SMILES string of the molecule is Cc1ccc(-c2noc([C@@H]3CCN3CC(F)(F)F)n2)cc1NC(=O)c1cnc2ccccn12. The predicted molar refractivity (Wildman–Crippen MR) is 113 cm³/mol. The summed E-state index contributed by atoms with van der Waals surface area (Å²) in [6, 6.07) is 10.2. The van der Waals surface area contributed by atoms with Gasteiger partial charge in [-0.3, -0.25) is 14.1 Å². The van der Waals surface area contributed by atoms with Gasteiger partial charge in [-0.25, -0.2) is 4.98 Å². The minimum atomic E-state index is -4.29. The number of anilines is 1. The summed E-state index contributed by atoms with van der Waals surface area (Å²) in [7, 11) is 0. The van der Waals surface area contributed by atoms with Crippen LogP contribution >= 0.6 is 0 Å². The summed E-state index contributed by atoms with van der Waals surface area (Å²) in [5.41, 5.74) is 2.98. The van der Waals surface area contributed by atoms with E-state index < -0.39 is 18.8 Å². The molecule has 1 fully saturated rings. The number of carbonyl (C=O) groups is 1. The Balaban J connectivity index is 1.36. The highest BCUT2D eigenvalue weighted by Crippen LogP contribution is 2.36. The van der Waals surface area contributed by atoms with Crippen LogP contribution in [0.3, 0.4) is 0 Å². The first-order valence-electron chi connectivity index (χ1n) is 10.3. The lowest BCUT2D eigenvalue weighted by atomic mass is 10.0. The van der Waals surface area contributed by atoms with Gasteiger partial charge in [0, 0.05) is 24.0 Å². The summed E-state index contributed by atoms with van der Waals surface area (Å²) in [5.74, 6) is 0.0616. The second-order valence-corrected chi connectivity index (χ2v) is 7.90. The number of halogens is 3. The molecule has 1 saturated heterocycles. The smallest absolute Gasteiger partial charge is 0.337 e. The van der Waals surface area contributed by atoms with E-state index in [4.69, 9.17) is 4.52 Å². The molecule has 1 aliphatic rings. The van der Waals surface area contributed by atoms with Crippen molar-refractivity contribution >= 4 is 17.2 Å². The molecule has 3 aromatic heterocycles. The Labute approximate surface area is 186 Å². The average Bonchev–Trinajstić information content (AvgIpc) is 3.40. The number of hydrogen-bond donors (Lipinski definition) is 1. The number of aromatic nitrogens is 4. The summed E-state index contributed by atoms with van der Waals surface area (Å²) in [6.45, 7) is 1.16. The van der Waals surface area contributed by atoms with Gasteiger partial charge < -0.3 is 9.84 Å². The van der Waals surface area contributed by atoms with Crippen LogP contribution in [0.1, 0.15) is 34.4 Å². The van der Waals surface area contributed by atoms with Gasteiger partial charge in [0.1, 0.15) is 11.3 Å². The Bertz CT molecular complexity index is 1330. The highest BCUT2D eigenvalue weighted by Gasteiger charge is 2.41. The highest BCUT2D eigenvalue weighted by molar-refractivity contribution is 6.04. The molecule has 4 heterocycles. The molecule has 0 radical (unpaired) electrons. The first-order valence-corrected chi connectivity index (χ1v) is 10.3. The summed E-state index contributed by atoms with van der Waals surface area (Å²) < 4.78 is 45.1. The molecule has 1 aromatic carbocycles. The van der Waals surface area contributed by atoms with E-state index in [-0.39, 0.29) is 17.6 Å². The maximum atomic E-state index is 12.9. The first-order chi connectivity index (χ1) is 15.8.